The molecule has 10 heavy (non-hydrogen) atoms. The molecule has 59 valence electrons. The van der Waals surface area contributed by atoms with E-state index in [1.54, 1.807) is 0 Å². The molecule has 1 heteroatoms. The average molecular weight is 141 g/mol. The van der Waals surface area contributed by atoms with Crippen molar-refractivity contribution in [3.8, 4) is 0 Å². The molecule has 0 bridgehead atoms. The minimum absolute atomic E-state index is 0.0320. The van der Waals surface area contributed by atoms with Crippen LogP contribution in [-0.2, 0) is 5.11 Å². The summed E-state index contributed by atoms with van der Waals surface area (Å²) < 4.78 is 0. The summed E-state index contributed by atoms with van der Waals surface area (Å²) in [7, 11) is 0. The quantitative estimate of drug-likeness (QED) is 0.400. The predicted octanol–water partition coefficient (Wildman–Crippen LogP) is 2.94. The van der Waals surface area contributed by atoms with Gasteiger partial charge in [-0.3, -0.25) is 0 Å². The lowest BCUT2D eigenvalue weighted by Gasteiger charge is -1.90. The molecule has 1 radical (unpaired) electrons. The molecule has 0 aliphatic rings. The van der Waals surface area contributed by atoms with Crippen LogP contribution >= 0.6 is 0 Å². The van der Waals surface area contributed by atoms with Gasteiger partial charge in [-0.15, -0.1) is 0 Å². The van der Waals surface area contributed by atoms with Crippen molar-refractivity contribution < 1.29 is 5.11 Å². The van der Waals surface area contributed by atoms with Crippen molar-refractivity contribution in [3.05, 3.63) is 12.2 Å². The molecule has 0 aliphatic heterocycles. The largest absolute Gasteiger partial charge is 0.236 e. The summed E-state index contributed by atoms with van der Waals surface area (Å²) in [6.45, 7) is 2.23. The number of hydrogen-bond acceptors (Lipinski definition) is 0. The van der Waals surface area contributed by atoms with Crippen LogP contribution in [0.2, 0.25) is 0 Å². The first-order chi connectivity index (χ1) is 4.91. The fourth-order valence-corrected chi connectivity index (χ4v) is 0.816. The maximum absolute atomic E-state index is 9.97. The molecule has 0 rings (SSSR count). The zero-order valence-electron chi connectivity index (χ0n) is 6.81. The molecule has 0 atom stereocenters. The molecule has 1 nitrogen and oxygen atoms in total. The Kier molecular flexibility index (Phi) is 8.44. The second kappa shape index (κ2) is 8.70. The molecule has 0 aliphatic carbocycles. The highest BCUT2D eigenvalue weighted by Crippen LogP contribution is 1.99. The molecule has 0 N–H and O–H groups in total. The molecular weight excluding hydrogens is 124 g/mol. The Hall–Kier alpha value is -0.300. The smallest absolute Gasteiger partial charge is 0.0856 e. The van der Waals surface area contributed by atoms with Crippen LogP contribution in [0.4, 0.5) is 0 Å². The molecule has 0 aromatic heterocycles. The number of hydrogen-bond donors (Lipinski definition) is 0. The SMILES string of the molecule is CCCCC/C=C/CC[O]. The van der Waals surface area contributed by atoms with Crippen molar-refractivity contribution >= 4 is 0 Å². The number of allylic oxidation sites excluding steroid dienone is 1. The van der Waals surface area contributed by atoms with Crippen molar-refractivity contribution in [1.29, 1.82) is 0 Å². The lowest BCUT2D eigenvalue weighted by atomic mass is 10.2. The monoisotopic (exact) mass is 141 g/mol. The molecule has 0 aromatic rings. The van der Waals surface area contributed by atoms with Crippen LogP contribution in [0, 0.1) is 0 Å². The first kappa shape index (κ1) is 9.70. The Morgan fingerprint density at radius 2 is 1.80 bits per heavy atom. The van der Waals surface area contributed by atoms with Gasteiger partial charge in [0.05, 0.1) is 6.61 Å². The van der Waals surface area contributed by atoms with Gasteiger partial charge in [-0.1, -0.05) is 31.9 Å². The van der Waals surface area contributed by atoms with Gasteiger partial charge >= 0.3 is 0 Å². The summed E-state index contributed by atoms with van der Waals surface area (Å²) in [5, 5.41) is 9.97. The van der Waals surface area contributed by atoms with Crippen molar-refractivity contribution in [2.24, 2.45) is 0 Å². The summed E-state index contributed by atoms with van der Waals surface area (Å²) in [6.07, 6.45) is 9.80. The van der Waals surface area contributed by atoms with Crippen molar-refractivity contribution in [1.82, 2.24) is 0 Å². The van der Waals surface area contributed by atoms with E-state index in [1.807, 2.05) is 6.08 Å². The molecule has 0 fully saturated rings. The van der Waals surface area contributed by atoms with Crippen LogP contribution in [0.3, 0.4) is 0 Å². The molecule has 0 spiro atoms. The first-order valence-electron chi connectivity index (χ1n) is 4.15. The van der Waals surface area contributed by atoms with Crippen LogP contribution in [0.5, 0.6) is 0 Å². The van der Waals surface area contributed by atoms with Crippen molar-refractivity contribution in [2.75, 3.05) is 6.61 Å². The van der Waals surface area contributed by atoms with E-state index in [0.717, 1.165) is 6.42 Å². The van der Waals surface area contributed by atoms with E-state index >= 15 is 0 Å². The summed E-state index contributed by atoms with van der Waals surface area (Å²) in [6, 6.07) is 0. The average Bonchev–Trinajstić information content (AvgIpc) is 1.97. The maximum atomic E-state index is 9.97. The van der Waals surface area contributed by atoms with Gasteiger partial charge in [-0.2, -0.15) is 0 Å². The fourth-order valence-electron chi connectivity index (χ4n) is 0.816. The molecule has 0 aromatic carbocycles. The van der Waals surface area contributed by atoms with Gasteiger partial charge in [-0.25, -0.2) is 5.11 Å². The van der Waals surface area contributed by atoms with E-state index in [0.29, 0.717) is 6.42 Å². The van der Waals surface area contributed by atoms with Crippen molar-refractivity contribution in [3.63, 3.8) is 0 Å². The third-order valence-electron chi connectivity index (χ3n) is 1.43. The van der Waals surface area contributed by atoms with Gasteiger partial charge < -0.3 is 0 Å². The van der Waals surface area contributed by atoms with Crippen LogP contribution < -0.4 is 0 Å². The predicted molar refractivity (Wildman–Crippen MR) is 43.5 cm³/mol. The second-order valence-corrected chi connectivity index (χ2v) is 2.46. The Balaban J connectivity index is 2.88. The molecule has 0 unspecified atom stereocenters. The Morgan fingerprint density at radius 3 is 2.40 bits per heavy atom. The van der Waals surface area contributed by atoms with E-state index in [-0.39, 0.29) is 6.61 Å². The van der Waals surface area contributed by atoms with E-state index in [1.165, 1.54) is 19.3 Å². The summed E-state index contributed by atoms with van der Waals surface area (Å²) >= 11 is 0. The number of unbranched alkanes of at least 4 members (excludes halogenated alkanes) is 3. The molecule has 0 amide bonds. The highest BCUT2D eigenvalue weighted by Gasteiger charge is 1.80. The summed E-state index contributed by atoms with van der Waals surface area (Å²) in [4.78, 5) is 0. The highest BCUT2D eigenvalue weighted by atomic mass is 16.2. The van der Waals surface area contributed by atoms with Gasteiger partial charge in [0.15, 0.2) is 0 Å². The van der Waals surface area contributed by atoms with Crippen LogP contribution in [0.25, 0.3) is 0 Å². The third kappa shape index (κ3) is 7.70. The van der Waals surface area contributed by atoms with Gasteiger partial charge in [0.1, 0.15) is 0 Å². The van der Waals surface area contributed by atoms with E-state index in [9.17, 15) is 5.11 Å². The van der Waals surface area contributed by atoms with E-state index < -0.39 is 0 Å². The molecule has 0 saturated carbocycles. The van der Waals surface area contributed by atoms with E-state index in [2.05, 4.69) is 13.0 Å². The van der Waals surface area contributed by atoms with E-state index in [4.69, 9.17) is 0 Å². The zero-order valence-corrected chi connectivity index (χ0v) is 6.81. The summed E-state index contributed by atoms with van der Waals surface area (Å²) in [5.41, 5.74) is 0. The third-order valence-corrected chi connectivity index (χ3v) is 1.43. The van der Waals surface area contributed by atoms with Crippen LogP contribution in [0.15, 0.2) is 12.2 Å². The lowest BCUT2D eigenvalue weighted by molar-refractivity contribution is 0.199. The van der Waals surface area contributed by atoms with Gasteiger partial charge in [0.2, 0.25) is 0 Å². The van der Waals surface area contributed by atoms with Gasteiger partial charge in [0, 0.05) is 0 Å². The molecule has 0 heterocycles. The number of rotatable bonds is 6. The molecular formula is C9H17O. The minimum Gasteiger partial charge on any atom is -0.236 e. The molecule has 0 saturated heterocycles. The van der Waals surface area contributed by atoms with Crippen molar-refractivity contribution in [2.45, 2.75) is 39.0 Å². The summed E-state index contributed by atoms with van der Waals surface area (Å²) in [5.74, 6) is 0. The van der Waals surface area contributed by atoms with Gasteiger partial charge in [-0.05, 0) is 19.3 Å². The van der Waals surface area contributed by atoms with Gasteiger partial charge in [0.25, 0.3) is 0 Å². The Morgan fingerprint density at radius 1 is 1.10 bits per heavy atom. The van der Waals surface area contributed by atoms with Crippen LogP contribution in [-0.4, -0.2) is 6.61 Å². The van der Waals surface area contributed by atoms with Crippen LogP contribution in [0.1, 0.15) is 39.0 Å². The maximum Gasteiger partial charge on any atom is 0.0856 e. The topological polar surface area (TPSA) is 19.9 Å². The first-order valence-corrected chi connectivity index (χ1v) is 4.15. The fraction of sp³-hybridized carbons (Fsp3) is 0.778. The minimum atomic E-state index is 0.0320. The normalized spacial score (nSPS) is 11.0. The standard InChI is InChI=1S/C9H17O/c1-2-3-4-5-6-7-8-9-10/h6-7H,2-5,8-9H2,1H3/b7-6+. The second-order valence-electron chi connectivity index (χ2n) is 2.46. The Labute approximate surface area is 63.8 Å². The zero-order chi connectivity index (χ0) is 7.66. The lowest BCUT2D eigenvalue weighted by Crippen LogP contribution is -1.74. The highest BCUT2D eigenvalue weighted by molar-refractivity contribution is 4.80. The Bertz CT molecular complexity index is 76.8.